The SMILES string of the molecule is NCc1cc([N+](=O)[O-])cc(F)c1C(F)(F)F. The van der Waals surface area contributed by atoms with Gasteiger partial charge in [0.2, 0.25) is 0 Å². The predicted molar refractivity (Wildman–Crippen MR) is 45.9 cm³/mol. The second kappa shape index (κ2) is 4.05. The van der Waals surface area contributed by atoms with E-state index in [4.69, 9.17) is 5.73 Å². The summed E-state index contributed by atoms with van der Waals surface area (Å²) in [6, 6.07) is 0.841. The van der Waals surface area contributed by atoms with Crippen molar-refractivity contribution in [3.8, 4) is 0 Å². The maximum atomic E-state index is 13.1. The summed E-state index contributed by atoms with van der Waals surface area (Å²) in [4.78, 5) is 9.32. The Morgan fingerprint density at radius 2 is 1.94 bits per heavy atom. The van der Waals surface area contributed by atoms with Crippen LogP contribution in [0.1, 0.15) is 11.1 Å². The number of halogens is 4. The molecule has 16 heavy (non-hydrogen) atoms. The molecule has 2 N–H and O–H groups in total. The Bertz CT molecular complexity index is 431. The Labute approximate surface area is 86.8 Å². The minimum atomic E-state index is -4.92. The molecule has 0 saturated carbocycles. The number of benzene rings is 1. The van der Waals surface area contributed by atoms with E-state index in [1.165, 1.54) is 0 Å². The van der Waals surface area contributed by atoms with Crippen molar-refractivity contribution in [2.75, 3.05) is 0 Å². The number of hydrogen-bond acceptors (Lipinski definition) is 3. The van der Waals surface area contributed by atoms with Crippen LogP contribution in [0.3, 0.4) is 0 Å². The highest BCUT2D eigenvalue weighted by atomic mass is 19.4. The van der Waals surface area contributed by atoms with Gasteiger partial charge in [-0.25, -0.2) is 4.39 Å². The topological polar surface area (TPSA) is 69.2 Å². The van der Waals surface area contributed by atoms with Crippen LogP contribution >= 0.6 is 0 Å². The summed E-state index contributed by atoms with van der Waals surface area (Å²) in [5.74, 6) is -1.69. The molecular formula is C8H6F4N2O2. The van der Waals surface area contributed by atoms with E-state index in [-0.39, 0.29) is 6.07 Å². The largest absolute Gasteiger partial charge is 0.419 e. The summed E-state index contributed by atoms with van der Waals surface area (Å²) in [6.45, 7) is -0.632. The van der Waals surface area contributed by atoms with Crippen molar-refractivity contribution in [2.24, 2.45) is 5.73 Å². The average Bonchev–Trinajstić information content (AvgIpc) is 2.14. The Morgan fingerprint density at radius 1 is 1.38 bits per heavy atom. The second-order valence-electron chi connectivity index (χ2n) is 2.92. The zero-order valence-corrected chi connectivity index (χ0v) is 7.71. The molecule has 0 aliphatic carbocycles. The third-order valence-electron chi connectivity index (χ3n) is 1.87. The van der Waals surface area contributed by atoms with Crippen LogP contribution in [0.25, 0.3) is 0 Å². The van der Waals surface area contributed by atoms with Gasteiger partial charge in [-0.15, -0.1) is 0 Å². The van der Waals surface area contributed by atoms with Gasteiger partial charge in [-0.3, -0.25) is 10.1 Å². The van der Waals surface area contributed by atoms with Gasteiger partial charge in [-0.2, -0.15) is 13.2 Å². The summed E-state index contributed by atoms with van der Waals surface area (Å²) in [5, 5.41) is 10.3. The van der Waals surface area contributed by atoms with Crippen LogP contribution in [-0.4, -0.2) is 4.92 Å². The number of nitro groups is 1. The Morgan fingerprint density at radius 3 is 2.31 bits per heavy atom. The third kappa shape index (κ3) is 2.27. The molecule has 0 aliphatic heterocycles. The van der Waals surface area contributed by atoms with Crippen molar-refractivity contribution in [1.29, 1.82) is 0 Å². The predicted octanol–water partition coefficient (Wildman–Crippen LogP) is 2.21. The summed E-state index contributed by atoms with van der Waals surface area (Å²) in [7, 11) is 0. The number of nitrogens with zero attached hydrogens (tertiary/aromatic N) is 1. The molecule has 0 unspecified atom stereocenters. The van der Waals surface area contributed by atoms with Gasteiger partial charge in [0, 0.05) is 12.6 Å². The molecule has 0 fully saturated rings. The molecule has 0 saturated heterocycles. The molecule has 0 bridgehead atoms. The lowest BCUT2D eigenvalue weighted by molar-refractivity contribution is -0.385. The molecule has 0 heterocycles. The average molecular weight is 238 g/mol. The number of rotatable bonds is 2. The molecule has 0 aromatic heterocycles. The highest BCUT2D eigenvalue weighted by molar-refractivity contribution is 5.42. The molecule has 4 nitrogen and oxygen atoms in total. The Balaban J connectivity index is 3.46. The fourth-order valence-electron chi connectivity index (χ4n) is 1.23. The van der Waals surface area contributed by atoms with Crippen molar-refractivity contribution in [1.82, 2.24) is 0 Å². The van der Waals surface area contributed by atoms with Gasteiger partial charge >= 0.3 is 6.18 Å². The minimum absolute atomic E-state index is 0.224. The standard InChI is InChI=1S/C8H6F4N2O2/c9-6-2-5(14(15)16)1-4(3-13)7(6)8(10,11)12/h1-2H,3,13H2. The highest BCUT2D eigenvalue weighted by Gasteiger charge is 2.37. The first-order valence-electron chi connectivity index (χ1n) is 4.01. The summed E-state index contributed by atoms with van der Waals surface area (Å²) in [5.41, 5.74) is 2.04. The number of nitro benzene ring substituents is 1. The van der Waals surface area contributed by atoms with Gasteiger partial charge in [0.1, 0.15) is 5.82 Å². The molecule has 0 atom stereocenters. The van der Waals surface area contributed by atoms with E-state index in [0.717, 1.165) is 0 Å². The lowest BCUT2D eigenvalue weighted by atomic mass is 10.1. The van der Waals surface area contributed by atoms with Gasteiger partial charge in [0.05, 0.1) is 16.6 Å². The molecule has 0 radical (unpaired) electrons. The maximum Gasteiger partial charge on any atom is 0.419 e. The van der Waals surface area contributed by atoms with Gasteiger partial charge < -0.3 is 5.73 Å². The monoisotopic (exact) mass is 238 g/mol. The van der Waals surface area contributed by atoms with E-state index >= 15 is 0 Å². The van der Waals surface area contributed by atoms with E-state index in [9.17, 15) is 27.7 Å². The van der Waals surface area contributed by atoms with Crippen LogP contribution in [0, 0.1) is 15.9 Å². The second-order valence-corrected chi connectivity index (χ2v) is 2.92. The number of hydrogen-bond donors (Lipinski definition) is 1. The van der Waals surface area contributed by atoms with Crippen LogP contribution in [0.4, 0.5) is 23.2 Å². The number of nitrogens with two attached hydrogens (primary N) is 1. The fraction of sp³-hybridized carbons (Fsp3) is 0.250. The van der Waals surface area contributed by atoms with Gasteiger partial charge in [0.15, 0.2) is 0 Å². The lowest BCUT2D eigenvalue weighted by Gasteiger charge is -2.12. The van der Waals surface area contributed by atoms with E-state index < -0.39 is 40.3 Å². The number of non-ortho nitro benzene ring substituents is 1. The minimum Gasteiger partial charge on any atom is -0.326 e. The van der Waals surface area contributed by atoms with Crippen molar-refractivity contribution >= 4 is 5.69 Å². The molecule has 0 aliphatic rings. The van der Waals surface area contributed by atoms with E-state index in [1.807, 2.05) is 0 Å². The van der Waals surface area contributed by atoms with Crippen LogP contribution < -0.4 is 5.73 Å². The summed E-state index contributed by atoms with van der Waals surface area (Å²) < 4.78 is 50.2. The third-order valence-corrected chi connectivity index (χ3v) is 1.87. The molecule has 0 spiro atoms. The van der Waals surface area contributed by atoms with Crippen LogP contribution in [0.15, 0.2) is 12.1 Å². The maximum absolute atomic E-state index is 13.1. The first-order valence-corrected chi connectivity index (χ1v) is 4.01. The van der Waals surface area contributed by atoms with E-state index in [0.29, 0.717) is 6.07 Å². The van der Waals surface area contributed by atoms with Gasteiger partial charge in [-0.05, 0) is 5.56 Å². The Kier molecular flexibility index (Phi) is 3.13. The van der Waals surface area contributed by atoms with Gasteiger partial charge in [-0.1, -0.05) is 0 Å². The highest BCUT2D eigenvalue weighted by Crippen LogP contribution is 2.35. The fourth-order valence-corrected chi connectivity index (χ4v) is 1.23. The van der Waals surface area contributed by atoms with Crippen molar-refractivity contribution in [3.05, 3.63) is 39.2 Å². The zero-order valence-electron chi connectivity index (χ0n) is 7.71. The van der Waals surface area contributed by atoms with E-state index in [1.54, 1.807) is 0 Å². The summed E-state index contributed by atoms with van der Waals surface area (Å²) in [6.07, 6.45) is -4.92. The molecule has 1 rings (SSSR count). The normalized spacial score (nSPS) is 11.6. The molecule has 1 aromatic carbocycles. The van der Waals surface area contributed by atoms with Crippen molar-refractivity contribution < 1.29 is 22.5 Å². The van der Waals surface area contributed by atoms with Crippen LogP contribution in [0.2, 0.25) is 0 Å². The molecule has 88 valence electrons. The zero-order chi connectivity index (χ0) is 12.5. The van der Waals surface area contributed by atoms with Crippen molar-refractivity contribution in [2.45, 2.75) is 12.7 Å². The first kappa shape index (κ1) is 12.4. The summed E-state index contributed by atoms with van der Waals surface area (Å²) >= 11 is 0. The quantitative estimate of drug-likeness (QED) is 0.487. The molecular weight excluding hydrogens is 232 g/mol. The first-order chi connectivity index (χ1) is 7.27. The van der Waals surface area contributed by atoms with Crippen molar-refractivity contribution in [3.63, 3.8) is 0 Å². The molecule has 8 heteroatoms. The van der Waals surface area contributed by atoms with Gasteiger partial charge in [0.25, 0.3) is 5.69 Å². The van der Waals surface area contributed by atoms with Crippen LogP contribution in [0.5, 0.6) is 0 Å². The number of alkyl halides is 3. The Hall–Kier alpha value is -1.70. The molecule has 0 amide bonds. The lowest BCUT2D eigenvalue weighted by Crippen LogP contribution is -2.15. The van der Waals surface area contributed by atoms with E-state index in [2.05, 4.69) is 0 Å². The smallest absolute Gasteiger partial charge is 0.326 e. The van der Waals surface area contributed by atoms with Crippen LogP contribution in [-0.2, 0) is 12.7 Å². The molecule has 1 aromatic rings.